The molecule has 0 aliphatic carbocycles. The van der Waals surface area contributed by atoms with Gasteiger partial charge in [0.05, 0.1) is 16.4 Å². The largest absolute Gasteiger partial charge is 0.478 e. The van der Waals surface area contributed by atoms with Crippen molar-refractivity contribution in [1.29, 1.82) is 0 Å². The van der Waals surface area contributed by atoms with E-state index in [1.165, 1.54) is 12.1 Å². The van der Waals surface area contributed by atoms with Crippen LogP contribution in [-0.2, 0) is 10.8 Å². The van der Waals surface area contributed by atoms with Crippen LogP contribution in [0.15, 0.2) is 27.6 Å². The van der Waals surface area contributed by atoms with Crippen LogP contribution in [0.1, 0.15) is 10.4 Å². The highest BCUT2D eigenvalue weighted by atomic mass is 79.9. The zero-order valence-corrected chi connectivity index (χ0v) is 10.5. The van der Waals surface area contributed by atoms with Crippen molar-refractivity contribution >= 4 is 32.7 Å². The highest BCUT2D eigenvalue weighted by Gasteiger charge is 2.31. The summed E-state index contributed by atoms with van der Waals surface area (Å²) in [6.45, 7) is 0. The van der Waals surface area contributed by atoms with Crippen LogP contribution < -0.4 is 0 Å². The normalized spacial score (nSPS) is 13.4. The second-order valence-electron chi connectivity index (χ2n) is 3.05. The summed E-state index contributed by atoms with van der Waals surface area (Å²) in [5, 5.41) is 8.75. The first-order chi connectivity index (χ1) is 7.70. The van der Waals surface area contributed by atoms with Gasteiger partial charge in [-0.05, 0) is 34.1 Å². The highest BCUT2D eigenvalue weighted by Crippen LogP contribution is 2.23. The fourth-order valence-electron chi connectivity index (χ4n) is 1.04. The molecule has 1 aromatic carbocycles. The molecule has 0 bridgehead atoms. The third kappa shape index (κ3) is 4.12. The number of benzene rings is 1. The van der Waals surface area contributed by atoms with Gasteiger partial charge in [0.2, 0.25) is 0 Å². The standard InChI is InChI=1S/C9H6BrF3O3S/c10-7-2-1-5(3-6(7)8(14)15)17(16)4-9(11,12)13/h1-3H,4H2,(H,14,15). The van der Waals surface area contributed by atoms with Gasteiger partial charge in [-0.1, -0.05) is 0 Å². The summed E-state index contributed by atoms with van der Waals surface area (Å²) >= 11 is 2.94. The van der Waals surface area contributed by atoms with E-state index in [1.807, 2.05) is 0 Å². The van der Waals surface area contributed by atoms with Crippen LogP contribution in [0, 0.1) is 0 Å². The fraction of sp³-hybridized carbons (Fsp3) is 0.222. The molecule has 0 saturated heterocycles. The van der Waals surface area contributed by atoms with Crippen LogP contribution in [-0.4, -0.2) is 27.2 Å². The van der Waals surface area contributed by atoms with E-state index in [4.69, 9.17) is 5.11 Å². The number of carbonyl (C=O) groups is 1. The van der Waals surface area contributed by atoms with Crippen LogP contribution in [0.3, 0.4) is 0 Å². The third-order valence-electron chi connectivity index (χ3n) is 1.73. The van der Waals surface area contributed by atoms with Crippen molar-refractivity contribution in [1.82, 2.24) is 0 Å². The van der Waals surface area contributed by atoms with E-state index in [0.717, 1.165) is 6.07 Å². The Labute approximate surface area is 105 Å². The van der Waals surface area contributed by atoms with Crippen molar-refractivity contribution in [2.45, 2.75) is 11.1 Å². The monoisotopic (exact) mass is 330 g/mol. The molecule has 0 fully saturated rings. The van der Waals surface area contributed by atoms with Gasteiger partial charge in [-0.15, -0.1) is 0 Å². The van der Waals surface area contributed by atoms with E-state index in [2.05, 4.69) is 15.9 Å². The molecule has 0 aliphatic rings. The Kier molecular flexibility index (Phi) is 4.31. The van der Waals surface area contributed by atoms with E-state index in [-0.39, 0.29) is 14.9 Å². The molecule has 0 spiro atoms. The maximum atomic E-state index is 12.0. The molecule has 1 N–H and O–H groups in total. The van der Waals surface area contributed by atoms with Gasteiger partial charge in [-0.25, -0.2) is 4.79 Å². The summed E-state index contributed by atoms with van der Waals surface area (Å²) in [6.07, 6.45) is -4.55. The number of carboxylic acids is 1. The summed E-state index contributed by atoms with van der Waals surface area (Å²) in [7, 11) is -2.30. The Morgan fingerprint density at radius 1 is 1.41 bits per heavy atom. The van der Waals surface area contributed by atoms with Crippen LogP contribution in [0.25, 0.3) is 0 Å². The quantitative estimate of drug-likeness (QED) is 0.927. The summed E-state index contributed by atoms with van der Waals surface area (Å²) in [5.74, 6) is -2.80. The SMILES string of the molecule is O=C(O)c1cc(S(=O)CC(F)(F)F)ccc1Br. The molecular formula is C9H6BrF3O3S. The summed E-state index contributed by atoms with van der Waals surface area (Å²) in [6, 6.07) is 3.42. The lowest BCUT2D eigenvalue weighted by molar-refractivity contribution is -0.105. The predicted molar refractivity (Wildman–Crippen MR) is 58.4 cm³/mol. The van der Waals surface area contributed by atoms with Crippen LogP contribution >= 0.6 is 15.9 Å². The molecule has 17 heavy (non-hydrogen) atoms. The smallest absolute Gasteiger partial charge is 0.400 e. The number of halogens is 4. The molecule has 1 unspecified atom stereocenters. The van der Waals surface area contributed by atoms with Crippen LogP contribution in [0.2, 0.25) is 0 Å². The number of hydrogen-bond donors (Lipinski definition) is 1. The van der Waals surface area contributed by atoms with E-state index >= 15 is 0 Å². The second kappa shape index (κ2) is 5.18. The topological polar surface area (TPSA) is 54.4 Å². The Bertz CT molecular complexity index is 473. The van der Waals surface area contributed by atoms with Gasteiger partial charge in [-0.2, -0.15) is 13.2 Å². The van der Waals surface area contributed by atoms with E-state index in [9.17, 15) is 22.2 Å². The number of hydrogen-bond acceptors (Lipinski definition) is 2. The Morgan fingerprint density at radius 3 is 2.47 bits per heavy atom. The lowest BCUT2D eigenvalue weighted by atomic mass is 10.2. The first-order valence-electron chi connectivity index (χ1n) is 4.18. The van der Waals surface area contributed by atoms with Crippen LogP contribution in [0.4, 0.5) is 13.2 Å². The van der Waals surface area contributed by atoms with E-state index in [1.54, 1.807) is 0 Å². The molecule has 94 valence electrons. The number of rotatable bonds is 3. The van der Waals surface area contributed by atoms with Gasteiger partial charge in [0.15, 0.2) is 0 Å². The lowest BCUT2D eigenvalue weighted by Gasteiger charge is -2.07. The maximum Gasteiger partial charge on any atom is 0.400 e. The van der Waals surface area contributed by atoms with E-state index in [0.29, 0.717) is 0 Å². The Balaban J connectivity index is 3.04. The predicted octanol–water partition coefficient (Wildman–Crippen LogP) is 2.82. The third-order valence-corrected chi connectivity index (χ3v) is 3.79. The Hall–Kier alpha value is -0.890. The van der Waals surface area contributed by atoms with Gasteiger partial charge in [0.25, 0.3) is 0 Å². The molecule has 0 saturated carbocycles. The molecular weight excluding hydrogens is 325 g/mol. The summed E-state index contributed by atoms with van der Waals surface area (Å²) in [5.41, 5.74) is -0.224. The Morgan fingerprint density at radius 2 is 2.00 bits per heavy atom. The van der Waals surface area contributed by atoms with Gasteiger partial charge < -0.3 is 5.11 Å². The molecule has 0 amide bonds. The van der Waals surface area contributed by atoms with Crippen LogP contribution in [0.5, 0.6) is 0 Å². The molecule has 8 heteroatoms. The minimum atomic E-state index is -4.55. The minimum Gasteiger partial charge on any atom is -0.478 e. The second-order valence-corrected chi connectivity index (χ2v) is 5.36. The molecule has 1 aromatic rings. The molecule has 3 nitrogen and oxygen atoms in total. The maximum absolute atomic E-state index is 12.0. The average Bonchev–Trinajstić information content (AvgIpc) is 2.14. The number of carboxylic acid groups (broad SMARTS) is 1. The first-order valence-corrected chi connectivity index (χ1v) is 6.30. The van der Waals surface area contributed by atoms with Crippen molar-refractivity contribution in [2.75, 3.05) is 5.75 Å². The van der Waals surface area contributed by atoms with Gasteiger partial charge in [-0.3, -0.25) is 4.21 Å². The summed E-state index contributed by atoms with van der Waals surface area (Å²) < 4.78 is 47.6. The number of aromatic carboxylic acids is 1. The lowest BCUT2D eigenvalue weighted by Crippen LogP contribution is -2.18. The van der Waals surface area contributed by atoms with Crippen molar-refractivity contribution in [2.24, 2.45) is 0 Å². The highest BCUT2D eigenvalue weighted by molar-refractivity contribution is 9.10. The van der Waals surface area contributed by atoms with Crippen molar-refractivity contribution in [3.05, 3.63) is 28.2 Å². The zero-order valence-electron chi connectivity index (χ0n) is 8.12. The zero-order chi connectivity index (χ0) is 13.2. The molecule has 0 heterocycles. The van der Waals surface area contributed by atoms with Gasteiger partial charge >= 0.3 is 12.1 Å². The molecule has 1 rings (SSSR count). The van der Waals surface area contributed by atoms with E-state index < -0.39 is 28.7 Å². The van der Waals surface area contributed by atoms with Gasteiger partial charge in [0, 0.05) is 9.37 Å². The first kappa shape index (κ1) is 14.2. The molecule has 1 atom stereocenters. The molecule has 0 aromatic heterocycles. The average molecular weight is 331 g/mol. The van der Waals surface area contributed by atoms with Crippen molar-refractivity contribution in [3.63, 3.8) is 0 Å². The van der Waals surface area contributed by atoms with Gasteiger partial charge in [0.1, 0.15) is 5.75 Å². The minimum absolute atomic E-state index is 0.164. The van der Waals surface area contributed by atoms with Crippen molar-refractivity contribution < 1.29 is 27.3 Å². The van der Waals surface area contributed by atoms with Crippen molar-refractivity contribution in [3.8, 4) is 0 Å². The fourth-order valence-corrected chi connectivity index (χ4v) is 2.39. The molecule has 0 radical (unpaired) electrons. The molecule has 0 aliphatic heterocycles. The summed E-state index contributed by atoms with van der Waals surface area (Å²) in [4.78, 5) is 10.6. The number of alkyl halides is 3.